The van der Waals surface area contributed by atoms with Crippen molar-refractivity contribution in [3.8, 4) is 0 Å². The normalized spacial score (nSPS) is 12.0. The Hall–Kier alpha value is -1.06. The second-order valence-corrected chi connectivity index (χ2v) is 4.36. The molecule has 1 aromatic rings. The molecule has 1 unspecified atom stereocenters. The molecule has 0 amide bonds. The van der Waals surface area contributed by atoms with Gasteiger partial charge in [-0.1, -0.05) is 12.1 Å². The van der Waals surface area contributed by atoms with E-state index in [9.17, 15) is 9.59 Å². The number of ether oxygens (including phenoxy) is 1. The number of hydrogen-bond donors (Lipinski definition) is 0. The largest absolute Gasteiger partial charge is 0.465 e. The van der Waals surface area contributed by atoms with Crippen molar-refractivity contribution in [1.82, 2.24) is 0 Å². The summed E-state index contributed by atoms with van der Waals surface area (Å²) in [5, 5.41) is -0.662. The van der Waals surface area contributed by atoms with E-state index in [2.05, 4.69) is 4.74 Å². The molecule has 1 atom stereocenters. The van der Waals surface area contributed by atoms with E-state index in [4.69, 9.17) is 23.2 Å². The molecular formula is C12H12Cl2O3. The van der Waals surface area contributed by atoms with Crippen molar-refractivity contribution in [2.75, 3.05) is 7.11 Å². The first-order chi connectivity index (χ1) is 8.02. The number of carbonyl (C=O) groups is 2. The van der Waals surface area contributed by atoms with E-state index in [1.807, 2.05) is 0 Å². The van der Waals surface area contributed by atoms with Crippen molar-refractivity contribution < 1.29 is 14.3 Å². The van der Waals surface area contributed by atoms with Crippen LogP contribution in [-0.4, -0.2) is 24.2 Å². The Bertz CT molecular complexity index is 441. The third-order valence-corrected chi connectivity index (χ3v) is 2.81. The molecule has 0 saturated carbocycles. The molecule has 0 aliphatic heterocycles. The van der Waals surface area contributed by atoms with E-state index in [-0.39, 0.29) is 11.7 Å². The maximum Gasteiger partial charge on any atom is 0.338 e. The van der Waals surface area contributed by atoms with Gasteiger partial charge in [0.25, 0.3) is 0 Å². The first-order valence-corrected chi connectivity index (χ1v) is 5.94. The Morgan fingerprint density at radius 1 is 1.35 bits per heavy atom. The molecule has 0 aliphatic carbocycles. The van der Waals surface area contributed by atoms with Gasteiger partial charge in [0.05, 0.1) is 18.1 Å². The van der Waals surface area contributed by atoms with Crippen LogP contribution < -0.4 is 0 Å². The second-order valence-electron chi connectivity index (χ2n) is 3.44. The summed E-state index contributed by atoms with van der Waals surface area (Å²) >= 11 is 11.5. The van der Waals surface area contributed by atoms with Crippen molar-refractivity contribution in [3.05, 3.63) is 34.9 Å². The lowest BCUT2D eigenvalue weighted by Gasteiger charge is -2.11. The van der Waals surface area contributed by atoms with E-state index >= 15 is 0 Å². The van der Waals surface area contributed by atoms with Gasteiger partial charge < -0.3 is 4.74 Å². The monoisotopic (exact) mass is 274 g/mol. The predicted octanol–water partition coefficient (Wildman–Crippen LogP) is 3.02. The predicted molar refractivity (Wildman–Crippen MR) is 67.0 cm³/mol. The van der Waals surface area contributed by atoms with Crippen LogP contribution in [0.5, 0.6) is 0 Å². The number of methoxy groups -OCH3 is 1. The van der Waals surface area contributed by atoms with Crippen LogP contribution in [0.1, 0.15) is 33.2 Å². The molecule has 0 radical (unpaired) electrons. The highest BCUT2D eigenvalue weighted by molar-refractivity contribution is 6.34. The molecule has 3 nitrogen and oxygen atoms in total. The summed E-state index contributed by atoms with van der Waals surface area (Å²) in [6, 6.07) is 4.78. The molecule has 5 heteroatoms. The van der Waals surface area contributed by atoms with E-state index in [0.717, 1.165) is 0 Å². The minimum atomic E-state index is -0.662. The zero-order valence-corrected chi connectivity index (χ0v) is 11.0. The molecule has 0 aromatic heterocycles. The molecule has 0 heterocycles. The summed E-state index contributed by atoms with van der Waals surface area (Å²) in [4.78, 5) is 23.4. The van der Waals surface area contributed by atoms with Crippen LogP contribution in [0.2, 0.25) is 0 Å². The lowest BCUT2D eigenvalue weighted by atomic mass is 9.98. The molecule has 1 rings (SSSR count). The zero-order valence-electron chi connectivity index (χ0n) is 9.50. The van der Waals surface area contributed by atoms with Crippen LogP contribution in [0, 0.1) is 0 Å². The molecule has 0 aliphatic rings. The Morgan fingerprint density at radius 3 is 2.41 bits per heavy atom. The van der Waals surface area contributed by atoms with Gasteiger partial charge in [-0.05, 0) is 18.6 Å². The van der Waals surface area contributed by atoms with Gasteiger partial charge in [0.15, 0.2) is 5.78 Å². The number of ketones is 1. The summed E-state index contributed by atoms with van der Waals surface area (Å²) in [6.07, 6.45) is 0. The molecule has 1 aromatic carbocycles. The van der Waals surface area contributed by atoms with Gasteiger partial charge >= 0.3 is 5.97 Å². The van der Waals surface area contributed by atoms with Crippen LogP contribution >= 0.6 is 23.2 Å². The maximum absolute atomic E-state index is 11.8. The minimum absolute atomic E-state index is 0.0515. The maximum atomic E-state index is 11.8. The molecule has 0 saturated heterocycles. The van der Waals surface area contributed by atoms with Crippen molar-refractivity contribution >= 4 is 35.0 Å². The highest BCUT2D eigenvalue weighted by Gasteiger charge is 2.21. The van der Waals surface area contributed by atoms with Crippen molar-refractivity contribution in [1.29, 1.82) is 0 Å². The zero-order chi connectivity index (χ0) is 13.0. The Labute approximate surface area is 110 Å². The fourth-order valence-corrected chi connectivity index (χ4v) is 1.88. The Morgan fingerprint density at radius 2 is 1.94 bits per heavy atom. The first kappa shape index (κ1) is 14.0. The number of rotatable bonds is 4. The third-order valence-electron chi connectivity index (χ3n) is 2.34. The van der Waals surface area contributed by atoms with Gasteiger partial charge in [-0.15, -0.1) is 23.2 Å². The fourth-order valence-electron chi connectivity index (χ4n) is 1.48. The van der Waals surface area contributed by atoms with Crippen molar-refractivity contribution in [3.63, 3.8) is 0 Å². The van der Waals surface area contributed by atoms with Gasteiger partial charge in [0.2, 0.25) is 0 Å². The lowest BCUT2D eigenvalue weighted by Crippen LogP contribution is -2.16. The average Bonchev–Trinajstić information content (AvgIpc) is 2.35. The van der Waals surface area contributed by atoms with Gasteiger partial charge in [-0.25, -0.2) is 4.79 Å². The second kappa shape index (κ2) is 6.03. The number of hydrogen-bond acceptors (Lipinski definition) is 3. The van der Waals surface area contributed by atoms with Gasteiger partial charge in [-0.3, -0.25) is 4.79 Å². The smallest absolute Gasteiger partial charge is 0.338 e. The van der Waals surface area contributed by atoms with Crippen LogP contribution in [0.15, 0.2) is 18.2 Å². The molecule has 0 N–H and O–H groups in total. The number of halogens is 2. The number of Topliss-reactive ketones (excluding diaryl/α,β-unsaturated/α-hetero) is 1. The van der Waals surface area contributed by atoms with E-state index in [0.29, 0.717) is 16.7 Å². The molecule has 0 bridgehead atoms. The standard InChI is InChI=1S/C12H12Cl2O3/c1-7(14)11(15)8-4-3-5-9(10(8)6-13)12(16)17-2/h3-5,7H,6H2,1-2H3. The number of esters is 1. The summed E-state index contributed by atoms with van der Waals surface area (Å²) in [7, 11) is 1.28. The molecule has 0 fully saturated rings. The molecule has 17 heavy (non-hydrogen) atoms. The Balaban J connectivity index is 3.33. The van der Waals surface area contributed by atoms with Crippen LogP contribution in [0.3, 0.4) is 0 Å². The third kappa shape index (κ3) is 2.99. The van der Waals surface area contributed by atoms with Crippen molar-refractivity contribution in [2.24, 2.45) is 0 Å². The highest BCUT2D eigenvalue weighted by Crippen LogP contribution is 2.21. The summed E-state index contributed by atoms with van der Waals surface area (Å²) in [5.74, 6) is -0.721. The summed E-state index contributed by atoms with van der Waals surface area (Å²) < 4.78 is 4.63. The minimum Gasteiger partial charge on any atom is -0.465 e. The molecular weight excluding hydrogens is 263 g/mol. The summed E-state index contributed by atoms with van der Waals surface area (Å²) in [5.41, 5.74) is 1.12. The highest BCUT2D eigenvalue weighted by atomic mass is 35.5. The number of benzene rings is 1. The lowest BCUT2D eigenvalue weighted by molar-refractivity contribution is 0.0600. The van der Waals surface area contributed by atoms with E-state index < -0.39 is 11.3 Å². The van der Waals surface area contributed by atoms with Gasteiger partial charge in [0.1, 0.15) is 0 Å². The van der Waals surface area contributed by atoms with Crippen LogP contribution in [-0.2, 0) is 10.6 Å². The van der Waals surface area contributed by atoms with Crippen LogP contribution in [0.4, 0.5) is 0 Å². The molecule has 0 spiro atoms. The van der Waals surface area contributed by atoms with Crippen molar-refractivity contribution in [2.45, 2.75) is 18.2 Å². The topological polar surface area (TPSA) is 43.4 Å². The SMILES string of the molecule is COC(=O)c1cccc(C(=O)C(C)Cl)c1CCl. The average molecular weight is 275 g/mol. The van der Waals surface area contributed by atoms with Gasteiger partial charge in [-0.2, -0.15) is 0 Å². The first-order valence-electron chi connectivity index (χ1n) is 4.97. The van der Waals surface area contributed by atoms with Crippen LogP contribution in [0.25, 0.3) is 0 Å². The number of alkyl halides is 2. The molecule has 92 valence electrons. The quantitative estimate of drug-likeness (QED) is 0.482. The Kier molecular flexibility index (Phi) is 4.97. The van der Waals surface area contributed by atoms with E-state index in [1.54, 1.807) is 25.1 Å². The fraction of sp³-hybridized carbons (Fsp3) is 0.333. The van der Waals surface area contributed by atoms with E-state index in [1.165, 1.54) is 7.11 Å². The summed E-state index contributed by atoms with van der Waals surface area (Å²) in [6.45, 7) is 1.58. The number of carbonyl (C=O) groups excluding carboxylic acids is 2. The van der Waals surface area contributed by atoms with Gasteiger partial charge in [0, 0.05) is 11.4 Å².